The number of carbonyl (C=O) groups excluding carboxylic acids is 1. The van der Waals surface area contributed by atoms with Gasteiger partial charge in [-0.15, -0.1) is 0 Å². The summed E-state index contributed by atoms with van der Waals surface area (Å²) in [7, 11) is 0. The highest BCUT2D eigenvalue weighted by atomic mass is 32.2. The Bertz CT molecular complexity index is 892. The number of amides is 1. The second-order valence-electron chi connectivity index (χ2n) is 6.52. The van der Waals surface area contributed by atoms with Crippen LogP contribution in [0, 0.1) is 0 Å². The SMILES string of the molecule is CCOc1ccc(NC(=O)CC2CSc3nc4c(c(=O)n32)CCC4)cc1. The van der Waals surface area contributed by atoms with Gasteiger partial charge in [0.2, 0.25) is 5.91 Å². The van der Waals surface area contributed by atoms with Crippen molar-refractivity contribution in [2.75, 3.05) is 17.7 Å². The van der Waals surface area contributed by atoms with Crippen molar-refractivity contribution in [2.45, 2.75) is 43.8 Å². The maximum Gasteiger partial charge on any atom is 0.257 e. The maximum atomic E-state index is 12.8. The van der Waals surface area contributed by atoms with Gasteiger partial charge >= 0.3 is 0 Å². The van der Waals surface area contributed by atoms with E-state index in [1.807, 2.05) is 31.2 Å². The number of aryl methyl sites for hydroxylation is 1. The molecule has 6 nitrogen and oxygen atoms in total. The van der Waals surface area contributed by atoms with Gasteiger partial charge < -0.3 is 10.1 Å². The molecule has 1 aliphatic heterocycles. The quantitative estimate of drug-likeness (QED) is 0.818. The minimum absolute atomic E-state index is 0.0476. The average Bonchev–Trinajstić information content (AvgIpc) is 3.25. The zero-order valence-electron chi connectivity index (χ0n) is 14.7. The molecule has 0 saturated carbocycles. The van der Waals surface area contributed by atoms with Gasteiger partial charge in [0.1, 0.15) is 5.75 Å². The van der Waals surface area contributed by atoms with Gasteiger partial charge in [0, 0.05) is 23.4 Å². The van der Waals surface area contributed by atoms with E-state index in [-0.39, 0.29) is 23.9 Å². The highest BCUT2D eigenvalue weighted by Gasteiger charge is 2.31. The van der Waals surface area contributed by atoms with Crippen molar-refractivity contribution in [3.8, 4) is 5.75 Å². The van der Waals surface area contributed by atoms with Gasteiger partial charge in [-0.2, -0.15) is 0 Å². The fourth-order valence-electron chi connectivity index (χ4n) is 3.53. The lowest BCUT2D eigenvalue weighted by Crippen LogP contribution is -2.30. The van der Waals surface area contributed by atoms with Gasteiger partial charge in [-0.3, -0.25) is 14.2 Å². The lowest BCUT2D eigenvalue weighted by Gasteiger charge is -2.14. The first-order valence-corrected chi connectivity index (χ1v) is 9.94. The van der Waals surface area contributed by atoms with Gasteiger partial charge in [-0.25, -0.2) is 4.98 Å². The van der Waals surface area contributed by atoms with E-state index in [4.69, 9.17) is 4.74 Å². The van der Waals surface area contributed by atoms with Crippen molar-refractivity contribution in [3.05, 3.63) is 45.9 Å². The highest BCUT2D eigenvalue weighted by Crippen LogP contribution is 2.34. The summed E-state index contributed by atoms with van der Waals surface area (Å²) >= 11 is 1.57. The number of hydrogen-bond acceptors (Lipinski definition) is 5. The standard InChI is InChI=1S/C19H21N3O3S/c1-2-25-14-8-6-12(7-9-14)20-17(23)10-13-11-26-19-21-16-5-3-4-15(16)18(24)22(13)19/h6-9,13H,2-5,10-11H2,1H3,(H,20,23). The van der Waals surface area contributed by atoms with Crippen LogP contribution in [0.25, 0.3) is 0 Å². The molecule has 1 unspecified atom stereocenters. The Morgan fingerprint density at radius 3 is 2.92 bits per heavy atom. The summed E-state index contributed by atoms with van der Waals surface area (Å²) in [5.74, 6) is 1.39. The van der Waals surface area contributed by atoms with Gasteiger partial charge in [-0.1, -0.05) is 11.8 Å². The second kappa shape index (κ2) is 7.15. The number of carbonyl (C=O) groups is 1. The summed E-state index contributed by atoms with van der Waals surface area (Å²) in [6.45, 7) is 2.54. The number of nitrogens with zero attached hydrogens (tertiary/aromatic N) is 2. The molecule has 2 aromatic rings. The number of fused-ring (bicyclic) bond motifs is 2. The third-order valence-electron chi connectivity index (χ3n) is 4.74. The molecule has 4 rings (SSSR count). The molecule has 0 spiro atoms. The molecular formula is C19H21N3O3S. The van der Waals surface area contributed by atoms with Crippen molar-refractivity contribution in [1.29, 1.82) is 0 Å². The summed E-state index contributed by atoms with van der Waals surface area (Å²) in [6.07, 6.45) is 2.96. The number of benzene rings is 1. The van der Waals surface area contributed by atoms with Crippen LogP contribution in [0.5, 0.6) is 5.75 Å². The smallest absolute Gasteiger partial charge is 0.257 e. The molecule has 1 atom stereocenters. The molecule has 2 heterocycles. The average molecular weight is 371 g/mol. The van der Waals surface area contributed by atoms with E-state index >= 15 is 0 Å². The first-order valence-electron chi connectivity index (χ1n) is 8.95. The van der Waals surface area contributed by atoms with Gasteiger partial charge in [0.05, 0.1) is 18.3 Å². The summed E-state index contributed by atoms with van der Waals surface area (Å²) in [5.41, 5.74) is 2.57. The van der Waals surface area contributed by atoms with E-state index in [0.717, 1.165) is 47.1 Å². The number of rotatable bonds is 5. The Hall–Kier alpha value is -2.28. The molecule has 0 bridgehead atoms. The van der Waals surface area contributed by atoms with Crippen molar-refractivity contribution < 1.29 is 9.53 Å². The number of hydrogen-bond donors (Lipinski definition) is 1. The van der Waals surface area contributed by atoms with Crippen LogP contribution in [-0.4, -0.2) is 27.8 Å². The molecule has 1 aromatic heterocycles. The maximum absolute atomic E-state index is 12.8. The van der Waals surface area contributed by atoms with Crippen molar-refractivity contribution in [3.63, 3.8) is 0 Å². The Balaban J connectivity index is 1.46. The fraction of sp³-hybridized carbons (Fsp3) is 0.421. The third kappa shape index (κ3) is 3.23. The van der Waals surface area contributed by atoms with E-state index < -0.39 is 0 Å². The van der Waals surface area contributed by atoms with E-state index in [9.17, 15) is 9.59 Å². The fourth-order valence-corrected chi connectivity index (χ4v) is 4.68. The van der Waals surface area contributed by atoms with Crippen molar-refractivity contribution in [2.24, 2.45) is 0 Å². The number of aromatic nitrogens is 2. The molecule has 7 heteroatoms. The van der Waals surface area contributed by atoms with Crippen molar-refractivity contribution >= 4 is 23.4 Å². The summed E-state index contributed by atoms with van der Waals surface area (Å²) < 4.78 is 7.13. The Morgan fingerprint density at radius 1 is 1.35 bits per heavy atom. The molecule has 0 fully saturated rings. The summed E-state index contributed by atoms with van der Waals surface area (Å²) in [6, 6.07) is 7.17. The van der Waals surface area contributed by atoms with E-state index in [0.29, 0.717) is 12.4 Å². The third-order valence-corrected chi connectivity index (χ3v) is 5.84. The van der Waals surface area contributed by atoms with E-state index in [1.165, 1.54) is 0 Å². The number of anilines is 1. The number of nitrogens with one attached hydrogen (secondary N) is 1. The minimum Gasteiger partial charge on any atom is -0.494 e. The normalized spacial score (nSPS) is 17.7. The van der Waals surface area contributed by atoms with E-state index in [1.54, 1.807) is 16.3 Å². The molecular weight excluding hydrogens is 350 g/mol. The van der Waals surface area contributed by atoms with Crippen LogP contribution < -0.4 is 15.6 Å². The molecule has 0 radical (unpaired) electrons. The monoisotopic (exact) mass is 371 g/mol. The molecule has 2 aliphatic rings. The molecule has 26 heavy (non-hydrogen) atoms. The predicted octanol–water partition coefficient (Wildman–Crippen LogP) is 2.81. The Kier molecular flexibility index (Phi) is 4.72. The minimum atomic E-state index is -0.136. The zero-order valence-corrected chi connectivity index (χ0v) is 15.5. The Morgan fingerprint density at radius 2 is 2.15 bits per heavy atom. The lowest BCUT2D eigenvalue weighted by molar-refractivity contribution is -0.116. The highest BCUT2D eigenvalue weighted by molar-refractivity contribution is 7.99. The molecule has 1 amide bonds. The molecule has 0 saturated heterocycles. The largest absolute Gasteiger partial charge is 0.494 e. The first-order chi connectivity index (χ1) is 12.7. The molecule has 1 N–H and O–H groups in total. The molecule has 1 aliphatic carbocycles. The summed E-state index contributed by atoms with van der Waals surface area (Å²) in [4.78, 5) is 29.9. The molecule has 1 aromatic carbocycles. The topological polar surface area (TPSA) is 73.2 Å². The van der Waals surface area contributed by atoms with Gasteiger partial charge in [-0.05, 0) is 50.5 Å². The zero-order chi connectivity index (χ0) is 18.1. The number of ether oxygens (including phenoxy) is 1. The predicted molar refractivity (Wildman–Crippen MR) is 101 cm³/mol. The van der Waals surface area contributed by atoms with Crippen LogP contribution in [0.3, 0.4) is 0 Å². The first kappa shape index (κ1) is 17.1. The van der Waals surface area contributed by atoms with Crippen LogP contribution in [0.4, 0.5) is 5.69 Å². The van der Waals surface area contributed by atoms with Crippen molar-refractivity contribution in [1.82, 2.24) is 9.55 Å². The van der Waals surface area contributed by atoms with Gasteiger partial charge in [0.15, 0.2) is 5.16 Å². The second-order valence-corrected chi connectivity index (χ2v) is 7.51. The van der Waals surface area contributed by atoms with Crippen LogP contribution >= 0.6 is 11.8 Å². The Labute approximate surface area is 156 Å². The number of thioether (sulfide) groups is 1. The van der Waals surface area contributed by atoms with E-state index in [2.05, 4.69) is 10.3 Å². The van der Waals surface area contributed by atoms with Crippen LogP contribution in [0.2, 0.25) is 0 Å². The van der Waals surface area contributed by atoms with Crippen LogP contribution in [-0.2, 0) is 17.6 Å². The summed E-state index contributed by atoms with van der Waals surface area (Å²) in [5, 5.41) is 3.66. The van der Waals surface area contributed by atoms with Crippen LogP contribution in [0.1, 0.15) is 37.1 Å². The van der Waals surface area contributed by atoms with Gasteiger partial charge in [0.25, 0.3) is 5.56 Å². The molecule has 136 valence electrons. The lowest BCUT2D eigenvalue weighted by atomic mass is 10.2. The van der Waals surface area contributed by atoms with Crippen LogP contribution in [0.15, 0.2) is 34.2 Å².